The minimum absolute atomic E-state index is 0.0973. The Hall–Kier alpha value is -1.44. The topological polar surface area (TPSA) is 94.9 Å². The first-order valence-electron chi connectivity index (χ1n) is 7.16. The van der Waals surface area contributed by atoms with Gasteiger partial charge in [0.1, 0.15) is 0 Å². The van der Waals surface area contributed by atoms with Crippen molar-refractivity contribution < 1.29 is 23.4 Å². The molecule has 1 aromatic rings. The number of nitrogens with zero attached hydrogens (tertiary/aromatic N) is 1. The van der Waals surface area contributed by atoms with Crippen LogP contribution in [-0.2, 0) is 27.7 Å². The molecule has 122 valence electrons. The molecule has 0 aliphatic heterocycles. The maximum atomic E-state index is 12.1. The molecule has 6 nitrogen and oxygen atoms in total. The molecule has 0 bridgehead atoms. The van der Waals surface area contributed by atoms with Gasteiger partial charge in [-0.05, 0) is 48.4 Å². The molecular weight excluding hydrogens is 306 g/mol. The van der Waals surface area contributed by atoms with E-state index in [9.17, 15) is 18.3 Å². The SMILES string of the molecule is CN(C)S(=O)(=O)c1ccc2c(c1)CCC(C(O)CC(=O)O)C2. The van der Waals surface area contributed by atoms with Crippen LogP contribution in [0, 0.1) is 5.92 Å². The van der Waals surface area contributed by atoms with Crippen LogP contribution in [0.2, 0.25) is 0 Å². The quantitative estimate of drug-likeness (QED) is 0.837. The van der Waals surface area contributed by atoms with Gasteiger partial charge in [-0.3, -0.25) is 4.79 Å². The number of rotatable bonds is 5. The Balaban J connectivity index is 2.20. The Labute approximate surface area is 130 Å². The van der Waals surface area contributed by atoms with E-state index in [1.54, 1.807) is 18.2 Å². The van der Waals surface area contributed by atoms with Crippen molar-refractivity contribution in [3.05, 3.63) is 29.3 Å². The summed E-state index contributed by atoms with van der Waals surface area (Å²) in [6, 6.07) is 5.02. The van der Waals surface area contributed by atoms with E-state index < -0.39 is 22.1 Å². The Morgan fingerprint density at radius 2 is 2.05 bits per heavy atom. The van der Waals surface area contributed by atoms with Crippen molar-refractivity contribution in [2.45, 2.75) is 36.7 Å². The molecule has 0 aromatic heterocycles. The normalized spacial score (nSPS) is 19.7. The van der Waals surface area contributed by atoms with Crippen LogP contribution in [0.3, 0.4) is 0 Å². The molecule has 1 aliphatic carbocycles. The van der Waals surface area contributed by atoms with Gasteiger partial charge in [0.2, 0.25) is 10.0 Å². The van der Waals surface area contributed by atoms with E-state index in [0.717, 1.165) is 11.1 Å². The lowest BCUT2D eigenvalue weighted by molar-refractivity contribution is -0.140. The first-order chi connectivity index (χ1) is 10.2. The first-order valence-corrected chi connectivity index (χ1v) is 8.60. The highest BCUT2D eigenvalue weighted by atomic mass is 32.2. The predicted molar refractivity (Wildman–Crippen MR) is 81.1 cm³/mol. The van der Waals surface area contributed by atoms with Crippen molar-refractivity contribution in [2.75, 3.05) is 14.1 Å². The van der Waals surface area contributed by atoms with Crippen LogP contribution >= 0.6 is 0 Å². The molecule has 0 radical (unpaired) electrons. The van der Waals surface area contributed by atoms with Gasteiger partial charge in [-0.25, -0.2) is 12.7 Å². The second kappa shape index (κ2) is 6.36. The lowest BCUT2D eigenvalue weighted by Gasteiger charge is -2.28. The van der Waals surface area contributed by atoms with E-state index in [4.69, 9.17) is 5.11 Å². The van der Waals surface area contributed by atoms with Crippen LogP contribution < -0.4 is 0 Å². The maximum absolute atomic E-state index is 12.1. The smallest absolute Gasteiger partial charge is 0.305 e. The molecule has 1 aliphatic rings. The number of benzene rings is 1. The van der Waals surface area contributed by atoms with Gasteiger partial charge < -0.3 is 10.2 Å². The summed E-state index contributed by atoms with van der Waals surface area (Å²) in [5, 5.41) is 18.7. The Morgan fingerprint density at radius 1 is 1.36 bits per heavy atom. The van der Waals surface area contributed by atoms with Crippen molar-refractivity contribution in [1.82, 2.24) is 4.31 Å². The fourth-order valence-electron chi connectivity index (χ4n) is 2.80. The molecule has 0 saturated carbocycles. The molecule has 0 heterocycles. The summed E-state index contributed by atoms with van der Waals surface area (Å²) in [6.45, 7) is 0. The van der Waals surface area contributed by atoms with Gasteiger partial charge in [-0.15, -0.1) is 0 Å². The lowest BCUT2D eigenvalue weighted by atomic mass is 9.80. The second-order valence-corrected chi connectivity index (χ2v) is 8.04. The number of aliphatic carboxylic acids is 1. The van der Waals surface area contributed by atoms with E-state index >= 15 is 0 Å². The van der Waals surface area contributed by atoms with Crippen LogP contribution in [0.5, 0.6) is 0 Å². The zero-order chi connectivity index (χ0) is 16.5. The number of carbonyl (C=O) groups is 1. The average Bonchev–Trinajstić information content (AvgIpc) is 2.45. The molecule has 0 spiro atoms. The van der Waals surface area contributed by atoms with Crippen molar-refractivity contribution in [2.24, 2.45) is 5.92 Å². The van der Waals surface area contributed by atoms with Gasteiger partial charge in [-0.2, -0.15) is 0 Å². The Bertz CT molecular complexity index is 669. The molecule has 2 rings (SSSR count). The van der Waals surface area contributed by atoms with Crippen LogP contribution in [0.1, 0.15) is 24.0 Å². The van der Waals surface area contributed by atoms with Gasteiger partial charge >= 0.3 is 5.97 Å². The summed E-state index contributed by atoms with van der Waals surface area (Å²) in [4.78, 5) is 11.0. The minimum atomic E-state index is -3.45. The van der Waals surface area contributed by atoms with E-state index in [2.05, 4.69) is 0 Å². The molecule has 22 heavy (non-hydrogen) atoms. The third kappa shape index (κ3) is 3.48. The number of sulfonamides is 1. The summed E-state index contributed by atoms with van der Waals surface area (Å²) in [5.41, 5.74) is 1.94. The summed E-state index contributed by atoms with van der Waals surface area (Å²) in [6.07, 6.45) is 0.760. The highest BCUT2D eigenvalue weighted by Crippen LogP contribution is 2.30. The van der Waals surface area contributed by atoms with E-state index in [1.807, 2.05) is 0 Å². The molecule has 1 aromatic carbocycles. The Morgan fingerprint density at radius 3 is 2.64 bits per heavy atom. The third-order valence-electron chi connectivity index (χ3n) is 4.15. The molecule has 2 N–H and O–H groups in total. The molecule has 2 unspecified atom stereocenters. The van der Waals surface area contributed by atoms with Crippen LogP contribution in [0.25, 0.3) is 0 Å². The van der Waals surface area contributed by atoms with Gasteiger partial charge in [0, 0.05) is 14.1 Å². The van der Waals surface area contributed by atoms with Crippen molar-refractivity contribution in [3.63, 3.8) is 0 Å². The number of aliphatic hydroxyl groups is 1. The largest absolute Gasteiger partial charge is 0.481 e. The van der Waals surface area contributed by atoms with Crippen molar-refractivity contribution in [1.29, 1.82) is 0 Å². The Kier molecular flexibility index (Phi) is 4.89. The minimum Gasteiger partial charge on any atom is -0.481 e. The van der Waals surface area contributed by atoms with Gasteiger partial charge in [-0.1, -0.05) is 6.07 Å². The molecule has 0 fully saturated rings. The predicted octanol–water partition coefficient (Wildman–Crippen LogP) is 0.877. The lowest BCUT2D eigenvalue weighted by Crippen LogP contribution is -2.29. The van der Waals surface area contributed by atoms with Crippen LogP contribution in [-0.4, -0.2) is 49.1 Å². The third-order valence-corrected chi connectivity index (χ3v) is 5.96. The summed E-state index contributed by atoms with van der Waals surface area (Å²) < 4.78 is 25.4. The van der Waals surface area contributed by atoms with Gasteiger partial charge in [0.25, 0.3) is 0 Å². The fourth-order valence-corrected chi connectivity index (χ4v) is 3.76. The van der Waals surface area contributed by atoms with Gasteiger partial charge in [0.05, 0.1) is 17.4 Å². The zero-order valence-electron chi connectivity index (χ0n) is 12.7. The van der Waals surface area contributed by atoms with Crippen LogP contribution in [0.4, 0.5) is 0 Å². The second-order valence-electron chi connectivity index (χ2n) is 5.89. The fraction of sp³-hybridized carbons (Fsp3) is 0.533. The summed E-state index contributed by atoms with van der Waals surface area (Å²) >= 11 is 0. The maximum Gasteiger partial charge on any atom is 0.305 e. The number of fused-ring (bicyclic) bond motifs is 1. The van der Waals surface area contributed by atoms with Crippen LogP contribution in [0.15, 0.2) is 23.1 Å². The zero-order valence-corrected chi connectivity index (χ0v) is 13.5. The molecular formula is C15H21NO5S. The monoisotopic (exact) mass is 327 g/mol. The standard InChI is InChI=1S/C15H21NO5S/c1-16(2)22(20,21)13-6-5-10-7-12(4-3-11(10)8-13)14(17)9-15(18)19/h5-6,8,12,14,17H,3-4,7,9H2,1-2H3,(H,18,19). The van der Waals surface area contributed by atoms with E-state index in [0.29, 0.717) is 19.3 Å². The van der Waals surface area contributed by atoms with Crippen molar-refractivity contribution >= 4 is 16.0 Å². The molecule has 2 atom stereocenters. The highest BCUT2D eigenvalue weighted by Gasteiger charge is 2.27. The molecule has 7 heteroatoms. The highest BCUT2D eigenvalue weighted by molar-refractivity contribution is 7.89. The molecule has 0 amide bonds. The summed E-state index contributed by atoms with van der Waals surface area (Å²) in [5.74, 6) is -1.11. The summed E-state index contributed by atoms with van der Waals surface area (Å²) in [7, 11) is -0.464. The number of hydrogen-bond acceptors (Lipinski definition) is 4. The van der Waals surface area contributed by atoms with Crippen molar-refractivity contribution in [3.8, 4) is 0 Å². The number of aryl methyl sites for hydroxylation is 1. The number of hydrogen-bond donors (Lipinski definition) is 2. The van der Waals surface area contributed by atoms with Gasteiger partial charge in [0.15, 0.2) is 0 Å². The number of aliphatic hydroxyl groups excluding tert-OH is 1. The van der Waals surface area contributed by atoms with E-state index in [-0.39, 0.29) is 17.2 Å². The average molecular weight is 327 g/mol. The first kappa shape index (κ1) is 16.9. The number of carboxylic acid groups (broad SMARTS) is 1. The van der Waals surface area contributed by atoms with E-state index in [1.165, 1.54) is 18.4 Å². The molecule has 0 saturated heterocycles. The number of carboxylic acids is 1.